The minimum absolute atomic E-state index is 0.592. The van der Waals surface area contributed by atoms with Crippen LogP contribution in [-0.2, 0) is 7.05 Å². The summed E-state index contributed by atoms with van der Waals surface area (Å²) in [5.74, 6) is 0.592. The molecule has 3 nitrogen and oxygen atoms in total. The zero-order valence-electron chi connectivity index (χ0n) is 10.2. The SMILES string of the molecule is Cc1cc(C)c(-c2cn(C)nc2N)cc1C. The summed E-state index contributed by atoms with van der Waals surface area (Å²) in [6, 6.07) is 4.37. The molecule has 2 N–H and O–H groups in total. The standard InChI is InChI=1S/C13H17N3/c1-8-5-10(3)11(6-9(8)2)12-7-16(4)15-13(12)14/h5-7H,1-4H3,(H2,14,15). The summed E-state index contributed by atoms with van der Waals surface area (Å²) in [6.45, 7) is 6.34. The number of nitrogens with zero attached hydrogens (tertiary/aromatic N) is 2. The van der Waals surface area contributed by atoms with Crippen LogP contribution in [0.1, 0.15) is 16.7 Å². The lowest BCUT2D eigenvalue weighted by Crippen LogP contribution is -1.92. The minimum atomic E-state index is 0.592. The Labute approximate surface area is 95.9 Å². The Hall–Kier alpha value is -1.77. The van der Waals surface area contributed by atoms with Crippen molar-refractivity contribution in [1.29, 1.82) is 0 Å². The van der Waals surface area contributed by atoms with Crippen molar-refractivity contribution in [3.8, 4) is 11.1 Å². The highest BCUT2D eigenvalue weighted by molar-refractivity contribution is 5.76. The lowest BCUT2D eigenvalue weighted by Gasteiger charge is -2.08. The maximum Gasteiger partial charge on any atom is 0.153 e. The largest absolute Gasteiger partial charge is 0.382 e. The molecule has 84 valence electrons. The molecule has 0 radical (unpaired) electrons. The molecule has 0 atom stereocenters. The summed E-state index contributed by atoms with van der Waals surface area (Å²) in [5, 5.41) is 4.18. The number of aromatic nitrogens is 2. The molecule has 1 heterocycles. The summed E-state index contributed by atoms with van der Waals surface area (Å²) in [4.78, 5) is 0. The van der Waals surface area contributed by atoms with Crippen LogP contribution in [0.25, 0.3) is 11.1 Å². The van der Waals surface area contributed by atoms with E-state index in [2.05, 4.69) is 38.0 Å². The second-order valence-corrected chi connectivity index (χ2v) is 4.35. The van der Waals surface area contributed by atoms with Crippen LogP contribution < -0.4 is 5.73 Å². The zero-order valence-corrected chi connectivity index (χ0v) is 10.2. The van der Waals surface area contributed by atoms with Gasteiger partial charge in [0.25, 0.3) is 0 Å². The van der Waals surface area contributed by atoms with Crippen molar-refractivity contribution in [3.05, 3.63) is 35.0 Å². The number of anilines is 1. The smallest absolute Gasteiger partial charge is 0.153 e. The summed E-state index contributed by atoms with van der Waals surface area (Å²) in [7, 11) is 1.89. The molecule has 0 fully saturated rings. The Balaban J connectivity index is 2.64. The first-order valence-electron chi connectivity index (χ1n) is 5.36. The van der Waals surface area contributed by atoms with Gasteiger partial charge >= 0.3 is 0 Å². The molecule has 3 heteroatoms. The van der Waals surface area contributed by atoms with E-state index < -0.39 is 0 Å². The van der Waals surface area contributed by atoms with E-state index in [0.717, 1.165) is 5.56 Å². The predicted molar refractivity (Wildman–Crippen MR) is 67.3 cm³/mol. The summed E-state index contributed by atoms with van der Waals surface area (Å²) < 4.78 is 1.75. The quantitative estimate of drug-likeness (QED) is 0.794. The Morgan fingerprint density at radius 2 is 1.62 bits per heavy atom. The fraction of sp³-hybridized carbons (Fsp3) is 0.308. The topological polar surface area (TPSA) is 43.8 Å². The van der Waals surface area contributed by atoms with Gasteiger partial charge in [0.1, 0.15) is 0 Å². The third-order valence-electron chi connectivity index (χ3n) is 2.99. The third kappa shape index (κ3) is 1.69. The van der Waals surface area contributed by atoms with Crippen molar-refractivity contribution in [1.82, 2.24) is 9.78 Å². The van der Waals surface area contributed by atoms with Crippen LogP contribution in [0.2, 0.25) is 0 Å². The lowest BCUT2D eigenvalue weighted by atomic mass is 9.97. The van der Waals surface area contributed by atoms with Gasteiger partial charge in [0.2, 0.25) is 0 Å². The molecular formula is C13H17N3. The Bertz CT molecular complexity index is 538. The average Bonchev–Trinajstić information content (AvgIpc) is 2.51. The molecule has 1 aromatic carbocycles. The van der Waals surface area contributed by atoms with Gasteiger partial charge in [0.15, 0.2) is 5.82 Å². The van der Waals surface area contributed by atoms with Crippen LogP contribution >= 0.6 is 0 Å². The van der Waals surface area contributed by atoms with Crippen LogP contribution in [0.5, 0.6) is 0 Å². The van der Waals surface area contributed by atoms with E-state index in [-0.39, 0.29) is 0 Å². The van der Waals surface area contributed by atoms with Gasteiger partial charge in [-0.3, -0.25) is 4.68 Å². The number of hydrogen-bond acceptors (Lipinski definition) is 2. The lowest BCUT2D eigenvalue weighted by molar-refractivity contribution is 0.772. The van der Waals surface area contributed by atoms with Crippen molar-refractivity contribution in [2.24, 2.45) is 7.05 Å². The molecule has 0 unspecified atom stereocenters. The molecule has 0 bridgehead atoms. The fourth-order valence-electron chi connectivity index (χ4n) is 1.96. The maximum absolute atomic E-state index is 5.90. The molecule has 0 aliphatic heterocycles. The monoisotopic (exact) mass is 215 g/mol. The molecule has 0 amide bonds. The van der Waals surface area contributed by atoms with Crippen LogP contribution in [0.4, 0.5) is 5.82 Å². The maximum atomic E-state index is 5.90. The molecular weight excluding hydrogens is 198 g/mol. The molecule has 0 saturated heterocycles. The molecule has 2 rings (SSSR count). The second kappa shape index (κ2) is 3.67. The minimum Gasteiger partial charge on any atom is -0.382 e. The molecule has 0 spiro atoms. The van der Waals surface area contributed by atoms with Crippen molar-refractivity contribution in [2.75, 3.05) is 5.73 Å². The number of rotatable bonds is 1. The van der Waals surface area contributed by atoms with Gasteiger partial charge in [0, 0.05) is 18.8 Å². The highest BCUT2D eigenvalue weighted by Gasteiger charge is 2.10. The van der Waals surface area contributed by atoms with Gasteiger partial charge < -0.3 is 5.73 Å². The van der Waals surface area contributed by atoms with E-state index >= 15 is 0 Å². The summed E-state index contributed by atoms with van der Waals surface area (Å²) in [5.41, 5.74) is 11.9. The summed E-state index contributed by atoms with van der Waals surface area (Å²) >= 11 is 0. The van der Waals surface area contributed by atoms with Crippen LogP contribution in [0.3, 0.4) is 0 Å². The second-order valence-electron chi connectivity index (χ2n) is 4.35. The van der Waals surface area contributed by atoms with Gasteiger partial charge in [0.05, 0.1) is 0 Å². The highest BCUT2D eigenvalue weighted by Crippen LogP contribution is 2.29. The van der Waals surface area contributed by atoms with Gasteiger partial charge in [-0.1, -0.05) is 12.1 Å². The molecule has 16 heavy (non-hydrogen) atoms. The van der Waals surface area contributed by atoms with Gasteiger partial charge in [-0.05, 0) is 43.0 Å². The molecule has 1 aromatic heterocycles. The zero-order chi connectivity index (χ0) is 11.9. The molecule has 0 aliphatic rings. The molecule has 0 aliphatic carbocycles. The van der Waals surface area contributed by atoms with Gasteiger partial charge in [-0.2, -0.15) is 5.10 Å². The number of aryl methyl sites for hydroxylation is 4. The first kappa shape index (κ1) is 10.7. The van der Waals surface area contributed by atoms with E-state index in [1.165, 1.54) is 22.3 Å². The van der Waals surface area contributed by atoms with Crippen LogP contribution in [0, 0.1) is 20.8 Å². The normalized spacial score (nSPS) is 10.8. The third-order valence-corrected chi connectivity index (χ3v) is 2.99. The number of nitrogens with two attached hydrogens (primary N) is 1. The van der Waals surface area contributed by atoms with E-state index in [1.54, 1.807) is 4.68 Å². The Morgan fingerprint density at radius 3 is 2.19 bits per heavy atom. The predicted octanol–water partition coefficient (Wildman–Crippen LogP) is 2.59. The van der Waals surface area contributed by atoms with E-state index in [4.69, 9.17) is 5.73 Å². The van der Waals surface area contributed by atoms with E-state index in [9.17, 15) is 0 Å². The van der Waals surface area contributed by atoms with Crippen molar-refractivity contribution < 1.29 is 0 Å². The van der Waals surface area contributed by atoms with E-state index in [0.29, 0.717) is 5.82 Å². The number of hydrogen-bond donors (Lipinski definition) is 1. The average molecular weight is 215 g/mol. The fourth-order valence-corrected chi connectivity index (χ4v) is 1.96. The van der Waals surface area contributed by atoms with Crippen LogP contribution in [0.15, 0.2) is 18.3 Å². The Morgan fingerprint density at radius 1 is 1.00 bits per heavy atom. The Kier molecular flexibility index (Phi) is 2.46. The van der Waals surface area contributed by atoms with Gasteiger partial charge in [-0.15, -0.1) is 0 Å². The number of benzene rings is 1. The van der Waals surface area contributed by atoms with Crippen LogP contribution in [-0.4, -0.2) is 9.78 Å². The molecule has 0 saturated carbocycles. The first-order chi connectivity index (χ1) is 7.49. The summed E-state index contributed by atoms with van der Waals surface area (Å²) in [6.07, 6.45) is 1.96. The van der Waals surface area contributed by atoms with E-state index in [1.807, 2.05) is 13.2 Å². The first-order valence-corrected chi connectivity index (χ1v) is 5.36. The van der Waals surface area contributed by atoms with Crippen molar-refractivity contribution >= 4 is 5.82 Å². The van der Waals surface area contributed by atoms with Gasteiger partial charge in [-0.25, -0.2) is 0 Å². The number of nitrogen functional groups attached to an aromatic ring is 1. The molecule has 2 aromatic rings. The highest BCUT2D eigenvalue weighted by atomic mass is 15.3. The van der Waals surface area contributed by atoms with Crippen molar-refractivity contribution in [2.45, 2.75) is 20.8 Å². The van der Waals surface area contributed by atoms with Crippen molar-refractivity contribution in [3.63, 3.8) is 0 Å².